The van der Waals surface area contributed by atoms with Crippen LogP contribution in [0.5, 0.6) is 5.75 Å². The number of rotatable bonds is 3. The summed E-state index contributed by atoms with van der Waals surface area (Å²) in [5.41, 5.74) is 7.09. The molecule has 3 rings (SSSR count). The van der Waals surface area contributed by atoms with Crippen molar-refractivity contribution in [3.8, 4) is 5.75 Å². The molecule has 1 atom stereocenters. The molecule has 126 valence electrons. The highest BCUT2D eigenvalue weighted by Crippen LogP contribution is 2.41. The largest absolute Gasteiger partial charge is 0.492 e. The Hall–Kier alpha value is -1.83. The SMILES string of the molecule is NC1CCOc2c(C(=O)Nc3ccc(F)c(Cl)c3)ccc(SF)c21. The lowest BCUT2D eigenvalue weighted by Crippen LogP contribution is -2.24. The molecule has 24 heavy (non-hydrogen) atoms. The first-order valence-electron chi connectivity index (χ1n) is 7.11. The van der Waals surface area contributed by atoms with Crippen LogP contribution in [0.2, 0.25) is 5.02 Å². The summed E-state index contributed by atoms with van der Waals surface area (Å²) in [5, 5.41) is 2.52. The third-order valence-electron chi connectivity index (χ3n) is 3.71. The highest BCUT2D eigenvalue weighted by molar-refractivity contribution is 7.94. The van der Waals surface area contributed by atoms with Crippen LogP contribution in [-0.4, -0.2) is 12.5 Å². The van der Waals surface area contributed by atoms with Gasteiger partial charge in [0, 0.05) is 28.6 Å². The van der Waals surface area contributed by atoms with Crippen molar-refractivity contribution in [1.29, 1.82) is 0 Å². The average Bonchev–Trinajstić information content (AvgIpc) is 2.57. The van der Waals surface area contributed by atoms with Crippen LogP contribution in [0.15, 0.2) is 35.2 Å². The molecule has 0 saturated carbocycles. The average molecular weight is 371 g/mol. The Morgan fingerprint density at radius 2 is 2.17 bits per heavy atom. The van der Waals surface area contributed by atoms with Crippen LogP contribution >= 0.6 is 23.7 Å². The Morgan fingerprint density at radius 3 is 2.88 bits per heavy atom. The van der Waals surface area contributed by atoms with E-state index in [0.717, 1.165) is 6.07 Å². The van der Waals surface area contributed by atoms with E-state index in [2.05, 4.69) is 5.32 Å². The molecule has 1 amide bonds. The second-order valence-corrected chi connectivity index (χ2v) is 6.26. The molecule has 4 nitrogen and oxygen atoms in total. The standard InChI is InChI=1S/C16H13ClF2N2O2S/c17-10-7-8(1-3-11(10)18)21-16(22)9-2-4-13(24-19)14-12(20)5-6-23-15(9)14/h1-4,7,12H,5-6,20H2,(H,21,22). The van der Waals surface area contributed by atoms with Gasteiger partial charge in [0.1, 0.15) is 11.6 Å². The molecule has 0 spiro atoms. The number of hydrogen-bond donors (Lipinski definition) is 2. The fraction of sp³-hybridized carbons (Fsp3) is 0.188. The first kappa shape index (κ1) is 17.0. The topological polar surface area (TPSA) is 64.3 Å². The van der Waals surface area contributed by atoms with Crippen LogP contribution in [-0.2, 0) is 0 Å². The van der Waals surface area contributed by atoms with E-state index in [4.69, 9.17) is 22.1 Å². The minimum atomic E-state index is -0.578. The molecular formula is C16H13ClF2N2O2S. The van der Waals surface area contributed by atoms with E-state index in [1.807, 2.05) is 0 Å². The number of carbonyl (C=O) groups is 1. The molecule has 2 aromatic carbocycles. The van der Waals surface area contributed by atoms with Gasteiger partial charge in [-0.1, -0.05) is 11.6 Å². The summed E-state index contributed by atoms with van der Waals surface area (Å²) in [6.07, 6.45) is 0.541. The number of hydrogen-bond acceptors (Lipinski definition) is 4. The summed E-state index contributed by atoms with van der Waals surface area (Å²) in [6, 6.07) is 6.41. The molecule has 1 aliphatic heterocycles. The van der Waals surface area contributed by atoms with Crippen LogP contribution < -0.4 is 15.8 Å². The van der Waals surface area contributed by atoms with Gasteiger partial charge in [-0.3, -0.25) is 4.79 Å². The van der Waals surface area contributed by atoms with Crippen molar-refractivity contribution in [2.45, 2.75) is 17.4 Å². The second kappa shape index (κ2) is 6.96. The highest BCUT2D eigenvalue weighted by atomic mass is 35.5. The number of amides is 1. The van der Waals surface area contributed by atoms with E-state index in [-0.39, 0.29) is 28.5 Å². The molecular weight excluding hydrogens is 358 g/mol. The molecule has 0 fully saturated rings. The Bertz CT molecular complexity index is 804. The molecule has 8 heteroatoms. The summed E-state index contributed by atoms with van der Waals surface area (Å²) >= 11 is 5.77. The predicted molar refractivity (Wildman–Crippen MR) is 89.8 cm³/mol. The quantitative estimate of drug-likeness (QED) is 0.835. The van der Waals surface area contributed by atoms with Gasteiger partial charge >= 0.3 is 0 Å². The lowest BCUT2D eigenvalue weighted by molar-refractivity contribution is 0.102. The Morgan fingerprint density at radius 1 is 1.38 bits per heavy atom. The normalized spacial score (nSPS) is 16.2. The van der Waals surface area contributed by atoms with E-state index < -0.39 is 17.8 Å². The Kier molecular flexibility index (Phi) is 4.93. The van der Waals surface area contributed by atoms with Crippen molar-refractivity contribution in [1.82, 2.24) is 0 Å². The van der Waals surface area contributed by atoms with Crippen molar-refractivity contribution >= 4 is 35.3 Å². The maximum absolute atomic E-state index is 13.2. The van der Waals surface area contributed by atoms with Gasteiger partial charge in [-0.25, -0.2) is 4.39 Å². The van der Waals surface area contributed by atoms with E-state index in [9.17, 15) is 13.1 Å². The number of anilines is 1. The number of benzene rings is 2. The van der Waals surface area contributed by atoms with Gasteiger partial charge < -0.3 is 15.8 Å². The number of carbonyl (C=O) groups excluding carboxylic acids is 1. The molecule has 0 saturated heterocycles. The molecule has 3 N–H and O–H groups in total. The zero-order valence-corrected chi connectivity index (χ0v) is 13.9. The van der Waals surface area contributed by atoms with Crippen LogP contribution in [0.1, 0.15) is 28.4 Å². The van der Waals surface area contributed by atoms with Crippen LogP contribution in [0.25, 0.3) is 0 Å². The van der Waals surface area contributed by atoms with Gasteiger partial charge in [0.15, 0.2) is 0 Å². The molecule has 1 aliphatic rings. The monoisotopic (exact) mass is 370 g/mol. The van der Waals surface area contributed by atoms with E-state index in [1.165, 1.54) is 24.3 Å². The Balaban J connectivity index is 1.95. The van der Waals surface area contributed by atoms with Gasteiger partial charge in [-0.05, 0) is 30.3 Å². The van der Waals surface area contributed by atoms with Gasteiger partial charge in [0.2, 0.25) is 0 Å². The lowest BCUT2D eigenvalue weighted by Gasteiger charge is -2.26. The predicted octanol–water partition coefficient (Wildman–Crippen LogP) is 4.49. The summed E-state index contributed by atoms with van der Waals surface area (Å²) in [6.45, 7) is 0.344. The van der Waals surface area contributed by atoms with Gasteiger partial charge in [0.25, 0.3) is 5.91 Å². The highest BCUT2D eigenvalue weighted by Gasteiger charge is 2.27. The fourth-order valence-corrected chi connectivity index (χ4v) is 3.17. The summed E-state index contributed by atoms with van der Waals surface area (Å²) < 4.78 is 31.9. The molecule has 2 aromatic rings. The molecule has 0 radical (unpaired) electrons. The number of nitrogens with two attached hydrogens (primary N) is 1. The van der Waals surface area contributed by atoms with E-state index in [0.29, 0.717) is 29.2 Å². The second-order valence-electron chi connectivity index (χ2n) is 5.26. The maximum Gasteiger partial charge on any atom is 0.259 e. The molecule has 0 aromatic heterocycles. The molecule has 0 aliphatic carbocycles. The fourth-order valence-electron chi connectivity index (χ4n) is 2.54. The zero-order chi connectivity index (χ0) is 17.3. The first-order chi connectivity index (χ1) is 11.5. The minimum absolute atomic E-state index is 0.0643. The van der Waals surface area contributed by atoms with Crippen molar-refractivity contribution in [2.24, 2.45) is 5.73 Å². The number of nitrogens with one attached hydrogen (secondary N) is 1. The number of halogens is 3. The zero-order valence-electron chi connectivity index (χ0n) is 12.3. The third kappa shape index (κ3) is 3.19. The van der Waals surface area contributed by atoms with Gasteiger partial charge in [-0.2, -0.15) is 3.89 Å². The van der Waals surface area contributed by atoms with Gasteiger partial charge in [0.05, 0.1) is 29.3 Å². The van der Waals surface area contributed by atoms with Crippen molar-refractivity contribution in [3.05, 3.63) is 52.3 Å². The van der Waals surface area contributed by atoms with Crippen molar-refractivity contribution < 1.29 is 17.8 Å². The first-order valence-corrected chi connectivity index (χ1v) is 8.21. The minimum Gasteiger partial charge on any atom is -0.492 e. The van der Waals surface area contributed by atoms with Crippen molar-refractivity contribution in [2.75, 3.05) is 11.9 Å². The van der Waals surface area contributed by atoms with Crippen LogP contribution in [0.4, 0.5) is 14.0 Å². The van der Waals surface area contributed by atoms with Gasteiger partial charge in [-0.15, -0.1) is 0 Å². The third-order valence-corrected chi connectivity index (χ3v) is 4.52. The van der Waals surface area contributed by atoms with E-state index in [1.54, 1.807) is 0 Å². The van der Waals surface area contributed by atoms with Crippen LogP contribution in [0.3, 0.4) is 0 Å². The lowest BCUT2D eigenvalue weighted by atomic mass is 9.97. The van der Waals surface area contributed by atoms with Crippen molar-refractivity contribution in [3.63, 3.8) is 0 Å². The number of fused-ring (bicyclic) bond motifs is 1. The maximum atomic E-state index is 13.2. The Labute approximate surface area is 146 Å². The molecule has 1 heterocycles. The summed E-state index contributed by atoms with van der Waals surface area (Å²) in [5.74, 6) is -0.772. The summed E-state index contributed by atoms with van der Waals surface area (Å²) in [7, 11) is 0. The summed E-state index contributed by atoms with van der Waals surface area (Å²) in [4.78, 5) is 12.9. The number of ether oxygens (including phenoxy) is 1. The molecule has 0 bridgehead atoms. The molecule has 1 unspecified atom stereocenters. The smallest absolute Gasteiger partial charge is 0.259 e. The van der Waals surface area contributed by atoms with Crippen LogP contribution in [0, 0.1) is 5.82 Å². The van der Waals surface area contributed by atoms with E-state index >= 15 is 0 Å².